The van der Waals surface area contributed by atoms with Gasteiger partial charge in [-0.15, -0.1) is 0 Å². The average molecular weight is 390 g/mol. The van der Waals surface area contributed by atoms with Crippen molar-refractivity contribution in [1.29, 1.82) is 0 Å². The van der Waals surface area contributed by atoms with Crippen LogP contribution in [-0.2, 0) is 25.5 Å². The number of Topliss-reactive ketones (excluding diaryl/α,β-unsaturated/α-hetero) is 1. The number of quaternary nitrogens is 1. The number of carbonyl (C=O) groups is 3. The molecule has 0 bridgehead atoms. The lowest BCUT2D eigenvalue weighted by molar-refractivity contribution is -0.875. The number of nitrogens with two attached hydrogens (primary N) is 1. The molecule has 0 unspecified atom stereocenters. The molecule has 0 saturated heterocycles. The minimum atomic E-state index is -1.76. The zero-order valence-corrected chi connectivity index (χ0v) is 16.7. The molecule has 1 heterocycles. The quantitative estimate of drug-likeness (QED) is 0.435. The summed E-state index contributed by atoms with van der Waals surface area (Å²) in [6.07, 6.45) is 1.37. The zero-order chi connectivity index (χ0) is 21.1. The second kappa shape index (κ2) is 8.12. The van der Waals surface area contributed by atoms with Crippen LogP contribution in [0.4, 0.5) is 0 Å². The summed E-state index contributed by atoms with van der Waals surface area (Å²) in [5.74, 6) is -2.53. The summed E-state index contributed by atoms with van der Waals surface area (Å²) < 4.78 is 5.74. The second-order valence-electron chi connectivity index (χ2n) is 8.16. The molecule has 2 rings (SSSR count). The van der Waals surface area contributed by atoms with Gasteiger partial charge in [0.15, 0.2) is 5.78 Å². The van der Waals surface area contributed by atoms with Crippen LogP contribution >= 0.6 is 0 Å². The number of benzene rings is 1. The van der Waals surface area contributed by atoms with Gasteiger partial charge in [-0.2, -0.15) is 0 Å². The first-order valence-corrected chi connectivity index (χ1v) is 9.00. The third-order valence-electron chi connectivity index (χ3n) is 4.52. The van der Waals surface area contributed by atoms with Crippen LogP contribution in [0, 0.1) is 0 Å². The predicted octanol–water partition coefficient (Wildman–Crippen LogP) is 1.09. The maximum absolute atomic E-state index is 12.7. The number of ketones is 1. The third kappa shape index (κ3) is 5.17. The van der Waals surface area contributed by atoms with Crippen molar-refractivity contribution in [2.75, 3.05) is 27.7 Å². The Kier molecular flexibility index (Phi) is 6.26. The lowest BCUT2D eigenvalue weighted by atomic mass is 9.93. The average Bonchev–Trinajstić information content (AvgIpc) is 2.95. The maximum atomic E-state index is 12.7. The number of likely N-dealkylation sites (N-methyl/N-ethyl adjacent to an activating group) is 1. The fourth-order valence-corrected chi connectivity index (χ4v) is 3.33. The van der Waals surface area contributed by atoms with Crippen molar-refractivity contribution in [3.63, 3.8) is 0 Å². The molecule has 4 N–H and O–H groups in total. The number of H-pyrrole nitrogens is 1. The Morgan fingerprint density at radius 3 is 2.46 bits per heavy atom. The van der Waals surface area contributed by atoms with Crippen molar-refractivity contribution in [3.8, 4) is 0 Å². The number of fused-ring (bicyclic) bond motifs is 1. The summed E-state index contributed by atoms with van der Waals surface area (Å²) in [5, 5.41) is 10.2. The third-order valence-corrected chi connectivity index (χ3v) is 4.52. The van der Waals surface area contributed by atoms with Gasteiger partial charge in [0, 0.05) is 23.5 Å². The zero-order valence-electron chi connectivity index (χ0n) is 16.7. The molecule has 28 heavy (non-hydrogen) atoms. The van der Waals surface area contributed by atoms with Gasteiger partial charge in [-0.05, 0) is 18.6 Å². The largest absolute Gasteiger partial charge is 0.481 e. The molecule has 0 saturated carbocycles. The summed E-state index contributed by atoms with van der Waals surface area (Å²) in [4.78, 5) is 39.5. The fraction of sp³-hybridized carbons (Fsp3) is 0.450. The molecular weight excluding hydrogens is 362 g/mol. The molecule has 1 aromatic carbocycles. The van der Waals surface area contributed by atoms with Crippen LogP contribution in [0.1, 0.15) is 18.9 Å². The number of hydrogen-bond acceptors (Lipinski definition) is 5. The molecule has 0 aliphatic carbocycles. The number of hydrogen-bond donors (Lipinski definition) is 3. The number of nitrogens with zero attached hydrogens (tertiary/aromatic N) is 1. The van der Waals surface area contributed by atoms with Gasteiger partial charge in [0.2, 0.25) is 5.60 Å². The van der Waals surface area contributed by atoms with Gasteiger partial charge in [-0.1, -0.05) is 18.2 Å². The molecule has 0 aliphatic heterocycles. The molecule has 0 amide bonds. The Bertz CT molecular complexity index is 883. The number of para-hydroxylation sites is 1. The van der Waals surface area contributed by atoms with Crippen molar-refractivity contribution in [2.24, 2.45) is 5.73 Å². The van der Waals surface area contributed by atoms with E-state index in [0.717, 1.165) is 16.5 Å². The Morgan fingerprint density at radius 2 is 1.89 bits per heavy atom. The highest BCUT2D eigenvalue weighted by Gasteiger charge is 2.47. The second-order valence-corrected chi connectivity index (χ2v) is 8.16. The van der Waals surface area contributed by atoms with Crippen LogP contribution in [0.5, 0.6) is 0 Å². The summed E-state index contributed by atoms with van der Waals surface area (Å²) in [6, 6.07) is 6.59. The number of nitrogens with one attached hydrogen (secondary N) is 1. The number of rotatable bonds is 9. The molecule has 8 heteroatoms. The van der Waals surface area contributed by atoms with E-state index in [4.69, 9.17) is 10.5 Å². The number of esters is 1. The van der Waals surface area contributed by atoms with Gasteiger partial charge < -0.3 is 25.0 Å². The first kappa shape index (κ1) is 21.6. The van der Waals surface area contributed by atoms with Crippen molar-refractivity contribution in [1.82, 2.24) is 4.98 Å². The Morgan fingerprint density at radius 1 is 1.25 bits per heavy atom. The predicted molar refractivity (Wildman–Crippen MR) is 105 cm³/mol. The molecule has 0 fully saturated rings. The van der Waals surface area contributed by atoms with Crippen LogP contribution in [0.15, 0.2) is 30.5 Å². The molecule has 8 nitrogen and oxygen atoms in total. The summed E-state index contributed by atoms with van der Waals surface area (Å²) in [6.45, 7) is 1.26. The normalized spacial score (nSPS) is 15.0. The van der Waals surface area contributed by atoms with E-state index in [9.17, 15) is 19.5 Å². The highest BCUT2D eigenvalue weighted by molar-refractivity contribution is 5.92. The van der Waals surface area contributed by atoms with Gasteiger partial charge >= 0.3 is 11.9 Å². The van der Waals surface area contributed by atoms with Crippen LogP contribution in [-0.4, -0.2) is 71.6 Å². The topological polar surface area (TPSA) is 122 Å². The maximum Gasteiger partial charge on any atom is 0.324 e. The van der Waals surface area contributed by atoms with Crippen molar-refractivity contribution < 1.29 is 28.7 Å². The van der Waals surface area contributed by atoms with Crippen molar-refractivity contribution in [2.45, 2.75) is 31.4 Å². The van der Waals surface area contributed by atoms with Gasteiger partial charge in [0.05, 0.1) is 27.6 Å². The number of aliphatic carboxylic acids is 1. The Balaban J connectivity index is 2.23. The smallest absolute Gasteiger partial charge is 0.324 e. The highest BCUT2D eigenvalue weighted by atomic mass is 16.6. The van der Waals surface area contributed by atoms with E-state index >= 15 is 0 Å². The monoisotopic (exact) mass is 390 g/mol. The van der Waals surface area contributed by atoms with Crippen LogP contribution in [0.2, 0.25) is 0 Å². The highest BCUT2D eigenvalue weighted by Crippen LogP contribution is 2.24. The fourth-order valence-electron chi connectivity index (χ4n) is 3.33. The van der Waals surface area contributed by atoms with E-state index in [-0.39, 0.29) is 17.4 Å². The molecule has 2 atom stereocenters. The van der Waals surface area contributed by atoms with E-state index in [1.54, 1.807) is 27.3 Å². The summed E-state index contributed by atoms with van der Waals surface area (Å²) >= 11 is 0. The van der Waals surface area contributed by atoms with E-state index in [1.807, 2.05) is 24.3 Å². The number of aromatic amines is 1. The minimum Gasteiger partial charge on any atom is -0.481 e. The van der Waals surface area contributed by atoms with Crippen molar-refractivity contribution >= 4 is 28.6 Å². The van der Waals surface area contributed by atoms with Gasteiger partial charge in [0.1, 0.15) is 12.6 Å². The van der Waals surface area contributed by atoms with E-state index < -0.39 is 35.8 Å². The SMILES string of the molecule is CC(=O)[C@@](CC(=O)O)(C[N+](C)(C)C)OC(=O)[C@@H](N)Cc1c[nH]c2ccccc12. The molecular formula is C20H28N3O5+. The van der Waals surface area contributed by atoms with Gasteiger partial charge in [-0.25, -0.2) is 0 Å². The molecule has 2 aromatic rings. The van der Waals surface area contributed by atoms with E-state index in [0.29, 0.717) is 0 Å². The number of carboxylic acid groups (broad SMARTS) is 1. The number of carbonyl (C=O) groups excluding carboxylic acids is 2. The molecule has 0 radical (unpaired) electrons. The van der Waals surface area contributed by atoms with E-state index in [1.165, 1.54) is 6.92 Å². The number of ether oxygens (including phenoxy) is 1. The van der Waals surface area contributed by atoms with Crippen LogP contribution in [0.3, 0.4) is 0 Å². The Labute approximate surface area is 163 Å². The van der Waals surface area contributed by atoms with Crippen molar-refractivity contribution in [3.05, 3.63) is 36.0 Å². The lowest BCUT2D eigenvalue weighted by Gasteiger charge is -2.36. The van der Waals surface area contributed by atoms with Gasteiger partial charge in [0.25, 0.3) is 0 Å². The Hall–Kier alpha value is -2.71. The first-order chi connectivity index (χ1) is 12.9. The molecule has 152 valence electrons. The summed E-state index contributed by atoms with van der Waals surface area (Å²) in [5.41, 5.74) is 6.05. The van der Waals surface area contributed by atoms with Crippen LogP contribution < -0.4 is 5.73 Å². The van der Waals surface area contributed by atoms with Crippen LogP contribution in [0.25, 0.3) is 10.9 Å². The van der Waals surface area contributed by atoms with E-state index in [2.05, 4.69) is 4.98 Å². The number of aromatic nitrogens is 1. The lowest BCUT2D eigenvalue weighted by Crippen LogP contribution is -2.58. The summed E-state index contributed by atoms with van der Waals surface area (Å²) in [7, 11) is 5.37. The molecule has 0 aliphatic rings. The molecule has 1 aromatic heterocycles. The minimum absolute atomic E-state index is 0.0280. The first-order valence-electron chi connectivity index (χ1n) is 9.00. The number of carboxylic acids is 1. The molecule has 0 spiro atoms. The standard InChI is InChI=1S/C20H27N3O5/c1-13(24)20(10-18(25)26,12-23(2,3)4)28-19(27)16(21)9-14-11-22-17-8-6-5-7-15(14)17/h5-8,11,16,22H,9-10,12,21H2,1-4H3/p+1/t16-,20+/m0/s1. The van der Waals surface area contributed by atoms with Gasteiger partial charge in [-0.3, -0.25) is 14.4 Å².